The van der Waals surface area contributed by atoms with E-state index in [0.717, 1.165) is 0 Å². The van der Waals surface area contributed by atoms with Crippen LogP contribution in [-0.2, 0) is 4.74 Å². The summed E-state index contributed by atoms with van der Waals surface area (Å²) in [7, 11) is 2.65. The van der Waals surface area contributed by atoms with E-state index in [1.807, 2.05) is 0 Å². The second-order valence-corrected chi connectivity index (χ2v) is 3.84. The summed E-state index contributed by atoms with van der Waals surface area (Å²) in [6.45, 7) is 0. The van der Waals surface area contributed by atoms with Crippen LogP contribution in [0.25, 0.3) is 0 Å². The zero-order chi connectivity index (χ0) is 15.1. The van der Waals surface area contributed by atoms with Crippen LogP contribution in [0.15, 0.2) is 23.9 Å². The summed E-state index contributed by atoms with van der Waals surface area (Å²) < 4.78 is 9.66. The third-order valence-electron chi connectivity index (χ3n) is 2.29. The predicted octanol–water partition coefficient (Wildman–Crippen LogP) is 2.48. The Labute approximate surface area is 120 Å². The topological polar surface area (TPSA) is 95.1 Å². The number of nitriles is 2. The van der Waals surface area contributed by atoms with E-state index < -0.39 is 5.97 Å². The highest BCUT2D eigenvalue weighted by Gasteiger charge is 2.14. The molecule has 0 saturated heterocycles. The van der Waals surface area contributed by atoms with Gasteiger partial charge in [-0.05, 0) is 12.1 Å². The van der Waals surface area contributed by atoms with Crippen molar-refractivity contribution in [3.63, 3.8) is 0 Å². The molecule has 0 spiro atoms. The molecule has 0 bridgehead atoms. The van der Waals surface area contributed by atoms with E-state index in [2.05, 4.69) is 10.1 Å². The van der Waals surface area contributed by atoms with E-state index in [0.29, 0.717) is 5.69 Å². The maximum absolute atomic E-state index is 11.5. The third kappa shape index (κ3) is 3.41. The minimum absolute atomic E-state index is 0.136. The number of rotatable bonds is 4. The number of allylic oxidation sites excluding steroid dienone is 1. The molecule has 7 heteroatoms. The molecule has 0 amide bonds. The Balaban J connectivity index is 3.25. The Bertz CT molecular complexity index is 625. The first kappa shape index (κ1) is 15.4. The van der Waals surface area contributed by atoms with Crippen LogP contribution >= 0.6 is 11.6 Å². The molecule has 0 fully saturated rings. The van der Waals surface area contributed by atoms with Gasteiger partial charge in [0, 0.05) is 6.20 Å². The fourth-order valence-electron chi connectivity index (χ4n) is 1.33. The number of ether oxygens (including phenoxy) is 2. The molecule has 0 aliphatic rings. The second kappa shape index (κ2) is 7.03. The number of nitrogens with zero attached hydrogens (tertiary/aromatic N) is 2. The lowest BCUT2D eigenvalue weighted by molar-refractivity contribution is 0.0600. The molecule has 102 valence electrons. The number of carbonyl (C=O) groups is 1. The minimum atomic E-state index is -0.562. The summed E-state index contributed by atoms with van der Waals surface area (Å²) in [5, 5.41) is 20.2. The smallest absolute Gasteiger partial charge is 0.338 e. The van der Waals surface area contributed by atoms with E-state index in [9.17, 15) is 4.79 Å². The first-order valence-corrected chi connectivity index (χ1v) is 5.68. The van der Waals surface area contributed by atoms with Gasteiger partial charge in [-0.15, -0.1) is 0 Å². The number of hydrogen-bond acceptors (Lipinski definition) is 6. The highest BCUT2D eigenvalue weighted by atomic mass is 35.5. The monoisotopic (exact) mass is 291 g/mol. The van der Waals surface area contributed by atoms with Gasteiger partial charge in [0.15, 0.2) is 0 Å². The van der Waals surface area contributed by atoms with E-state index in [1.165, 1.54) is 32.6 Å². The van der Waals surface area contributed by atoms with Crippen molar-refractivity contribution in [2.45, 2.75) is 0 Å². The molecule has 0 atom stereocenters. The number of benzene rings is 1. The van der Waals surface area contributed by atoms with Gasteiger partial charge in [0.05, 0.1) is 25.5 Å². The lowest BCUT2D eigenvalue weighted by atomic mass is 10.2. The number of anilines is 1. The zero-order valence-electron chi connectivity index (χ0n) is 10.7. The quantitative estimate of drug-likeness (QED) is 0.676. The molecule has 1 rings (SSSR count). The van der Waals surface area contributed by atoms with Crippen LogP contribution in [0.5, 0.6) is 5.75 Å². The van der Waals surface area contributed by atoms with Crippen molar-refractivity contribution in [3.05, 3.63) is 34.5 Å². The molecule has 0 radical (unpaired) electrons. The maximum Gasteiger partial charge on any atom is 0.338 e. The van der Waals surface area contributed by atoms with Crippen molar-refractivity contribution in [3.8, 4) is 17.9 Å². The van der Waals surface area contributed by atoms with E-state index in [4.69, 9.17) is 26.9 Å². The summed E-state index contributed by atoms with van der Waals surface area (Å²) in [5.74, 6) is -0.297. The standard InChI is InChI=1S/C13H10ClN3O3/c1-19-11-4-9(13(18)20-2)3-10(12(11)14)17-7-8(5-15)6-16/h3-4,7,17H,1-2H3. The molecule has 1 N–H and O–H groups in total. The van der Waals surface area contributed by atoms with Gasteiger partial charge in [-0.1, -0.05) is 11.6 Å². The lowest BCUT2D eigenvalue weighted by Crippen LogP contribution is -2.03. The zero-order valence-corrected chi connectivity index (χ0v) is 11.5. The molecule has 1 aromatic rings. The van der Waals surface area contributed by atoms with E-state index >= 15 is 0 Å². The van der Waals surface area contributed by atoms with Crippen LogP contribution in [0.1, 0.15) is 10.4 Å². The van der Waals surface area contributed by atoms with Crippen LogP contribution in [0.3, 0.4) is 0 Å². The summed E-state index contributed by atoms with van der Waals surface area (Å²) >= 11 is 6.06. The van der Waals surface area contributed by atoms with E-state index in [1.54, 1.807) is 12.1 Å². The number of nitrogens with one attached hydrogen (secondary N) is 1. The van der Waals surface area contributed by atoms with Gasteiger partial charge < -0.3 is 14.8 Å². The highest BCUT2D eigenvalue weighted by molar-refractivity contribution is 6.35. The largest absolute Gasteiger partial charge is 0.495 e. The average molecular weight is 292 g/mol. The molecule has 0 heterocycles. The van der Waals surface area contributed by atoms with Crippen molar-refractivity contribution in [1.29, 1.82) is 10.5 Å². The number of hydrogen-bond donors (Lipinski definition) is 1. The van der Waals surface area contributed by atoms with Crippen LogP contribution in [-0.4, -0.2) is 20.2 Å². The van der Waals surface area contributed by atoms with Gasteiger partial charge in [-0.25, -0.2) is 4.79 Å². The Morgan fingerprint density at radius 1 is 1.35 bits per heavy atom. The van der Waals surface area contributed by atoms with Crippen LogP contribution < -0.4 is 10.1 Å². The SMILES string of the molecule is COC(=O)c1cc(NC=C(C#N)C#N)c(Cl)c(OC)c1. The normalized spacial score (nSPS) is 8.85. The molecule has 0 saturated carbocycles. The van der Waals surface area contributed by atoms with Gasteiger partial charge in [-0.3, -0.25) is 0 Å². The van der Waals surface area contributed by atoms with Crippen molar-refractivity contribution in [2.75, 3.05) is 19.5 Å². The molecule has 0 aliphatic heterocycles. The molecule has 0 unspecified atom stereocenters. The van der Waals surface area contributed by atoms with Crippen molar-refractivity contribution in [1.82, 2.24) is 0 Å². The molecule has 1 aromatic carbocycles. The van der Waals surface area contributed by atoms with Crippen molar-refractivity contribution in [2.24, 2.45) is 0 Å². The lowest BCUT2D eigenvalue weighted by Gasteiger charge is -2.11. The first-order chi connectivity index (χ1) is 9.57. The Morgan fingerprint density at radius 3 is 2.50 bits per heavy atom. The molecule has 20 heavy (non-hydrogen) atoms. The second-order valence-electron chi connectivity index (χ2n) is 3.46. The molecular formula is C13H10ClN3O3. The molecule has 0 aliphatic carbocycles. The number of esters is 1. The Hall–Kier alpha value is -2.70. The average Bonchev–Trinajstić information content (AvgIpc) is 2.48. The first-order valence-electron chi connectivity index (χ1n) is 5.30. The fourth-order valence-corrected chi connectivity index (χ4v) is 1.57. The van der Waals surface area contributed by atoms with Crippen LogP contribution in [0, 0.1) is 22.7 Å². The highest BCUT2D eigenvalue weighted by Crippen LogP contribution is 2.34. The molecular weight excluding hydrogens is 282 g/mol. The number of carbonyl (C=O) groups excluding carboxylic acids is 1. The van der Waals surface area contributed by atoms with Gasteiger partial charge in [0.1, 0.15) is 28.5 Å². The van der Waals surface area contributed by atoms with E-state index in [-0.39, 0.29) is 21.9 Å². The fraction of sp³-hybridized carbons (Fsp3) is 0.154. The minimum Gasteiger partial charge on any atom is -0.495 e. The molecule has 0 aromatic heterocycles. The number of methoxy groups -OCH3 is 2. The van der Waals surface area contributed by atoms with Gasteiger partial charge in [-0.2, -0.15) is 10.5 Å². The van der Waals surface area contributed by atoms with Gasteiger partial charge in [0.25, 0.3) is 0 Å². The van der Waals surface area contributed by atoms with Crippen LogP contribution in [0.2, 0.25) is 5.02 Å². The molecule has 6 nitrogen and oxygen atoms in total. The summed E-state index contributed by atoms with van der Waals surface area (Å²) in [6.07, 6.45) is 1.18. The van der Waals surface area contributed by atoms with Crippen molar-refractivity contribution < 1.29 is 14.3 Å². The Kier molecular flexibility index (Phi) is 5.40. The summed E-state index contributed by atoms with van der Waals surface area (Å²) in [4.78, 5) is 11.5. The van der Waals surface area contributed by atoms with Crippen LogP contribution in [0.4, 0.5) is 5.69 Å². The number of halogens is 1. The predicted molar refractivity (Wildman–Crippen MR) is 72.3 cm³/mol. The summed E-state index contributed by atoms with van der Waals surface area (Å²) in [6, 6.07) is 6.24. The van der Waals surface area contributed by atoms with Gasteiger partial charge in [0.2, 0.25) is 0 Å². The third-order valence-corrected chi connectivity index (χ3v) is 2.68. The maximum atomic E-state index is 11.5. The van der Waals surface area contributed by atoms with Gasteiger partial charge >= 0.3 is 5.97 Å². The summed E-state index contributed by atoms with van der Waals surface area (Å²) in [5.41, 5.74) is 0.401. The van der Waals surface area contributed by atoms with Crippen molar-refractivity contribution >= 4 is 23.3 Å². The Morgan fingerprint density at radius 2 is 2.00 bits per heavy atom.